The molecule has 1 fully saturated rings. The molecule has 6 heteroatoms. The van der Waals surface area contributed by atoms with Crippen molar-refractivity contribution >= 4 is 24.2 Å². The zero-order valence-electron chi connectivity index (χ0n) is 15.1. The predicted molar refractivity (Wildman–Crippen MR) is 103 cm³/mol. The smallest absolute Gasteiger partial charge is 0.223 e. The molecule has 0 saturated heterocycles. The number of nitrogens with one attached hydrogen (secondary N) is 2. The number of carbonyl (C=O) groups is 2. The lowest BCUT2D eigenvalue weighted by Gasteiger charge is -2.14. The van der Waals surface area contributed by atoms with Gasteiger partial charge in [-0.05, 0) is 36.3 Å². The Hall–Kier alpha value is -1.59. The van der Waals surface area contributed by atoms with E-state index in [1.165, 1.54) is 5.56 Å². The van der Waals surface area contributed by atoms with E-state index >= 15 is 0 Å². The number of carbonyl (C=O) groups excluding carboxylic acids is 2. The summed E-state index contributed by atoms with van der Waals surface area (Å²) in [6.45, 7) is 5.30. The molecule has 0 heterocycles. The third-order valence-electron chi connectivity index (χ3n) is 4.38. The number of benzene rings is 1. The summed E-state index contributed by atoms with van der Waals surface area (Å²) in [4.78, 5) is 23.3. The van der Waals surface area contributed by atoms with E-state index in [1.807, 2.05) is 12.1 Å². The summed E-state index contributed by atoms with van der Waals surface area (Å²) in [6, 6.07) is 8.03. The van der Waals surface area contributed by atoms with E-state index < -0.39 is 0 Å². The molecule has 0 aromatic heterocycles. The average molecular weight is 368 g/mol. The summed E-state index contributed by atoms with van der Waals surface area (Å²) < 4.78 is 0. The first-order valence-corrected chi connectivity index (χ1v) is 8.87. The Morgan fingerprint density at radius 1 is 1.12 bits per heavy atom. The fourth-order valence-corrected chi connectivity index (χ4v) is 2.51. The van der Waals surface area contributed by atoms with Crippen LogP contribution in [-0.4, -0.2) is 24.9 Å². The molecule has 25 heavy (non-hydrogen) atoms. The van der Waals surface area contributed by atoms with Crippen molar-refractivity contribution in [3.05, 3.63) is 35.4 Å². The third kappa shape index (κ3) is 7.45. The van der Waals surface area contributed by atoms with Gasteiger partial charge in [-0.3, -0.25) is 9.59 Å². The molecule has 140 valence electrons. The second kappa shape index (κ2) is 10.4. The molecule has 0 aliphatic heterocycles. The van der Waals surface area contributed by atoms with Crippen molar-refractivity contribution in [3.63, 3.8) is 0 Å². The van der Waals surface area contributed by atoms with Gasteiger partial charge in [0.15, 0.2) is 0 Å². The fourth-order valence-electron chi connectivity index (χ4n) is 2.51. The molecular formula is C19H30ClN3O2. The van der Waals surface area contributed by atoms with Crippen molar-refractivity contribution in [1.29, 1.82) is 0 Å². The molecule has 0 bridgehead atoms. The Morgan fingerprint density at radius 3 is 2.28 bits per heavy atom. The van der Waals surface area contributed by atoms with Gasteiger partial charge in [0.25, 0.3) is 0 Å². The van der Waals surface area contributed by atoms with E-state index in [4.69, 9.17) is 5.73 Å². The van der Waals surface area contributed by atoms with Crippen LogP contribution in [0.1, 0.15) is 62.6 Å². The normalized spacial score (nSPS) is 14.6. The zero-order chi connectivity index (χ0) is 17.5. The van der Waals surface area contributed by atoms with Gasteiger partial charge in [-0.25, -0.2) is 0 Å². The molecule has 1 aromatic rings. The Balaban J connectivity index is 0.00000312. The molecule has 1 atom stereocenters. The minimum atomic E-state index is -0.204. The van der Waals surface area contributed by atoms with Crippen LogP contribution in [0.2, 0.25) is 0 Å². The van der Waals surface area contributed by atoms with Gasteiger partial charge >= 0.3 is 0 Å². The number of hydrogen-bond donors (Lipinski definition) is 3. The topological polar surface area (TPSA) is 84.2 Å². The zero-order valence-corrected chi connectivity index (χ0v) is 15.9. The summed E-state index contributed by atoms with van der Waals surface area (Å²) >= 11 is 0. The Kier molecular flexibility index (Phi) is 8.93. The van der Waals surface area contributed by atoms with Crippen molar-refractivity contribution < 1.29 is 9.59 Å². The lowest BCUT2D eigenvalue weighted by molar-refractivity contribution is -0.123. The van der Waals surface area contributed by atoms with Gasteiger partial charge < -0.3 is 16.4 Å². The maximum atomic E-state index is 11.8. The maximum absolute atomic E-state index is 11.8. The van der Waals surface area contributed by atoms with Gasteiger partial charge in [-0.1, -0.05) is 38.1 Å². The Labute approximate surface area is 156 Å². The standard InChI is InChI=1S/C19H29N3O2.ClH/c1-13(2)14-5-7-15(8-6-14)17(20)12-22-18(23)4-3-11-21-19(24)16-9-10-16;/h5-8,13,16-17H,3-4,9-12,20H2,1-2H3,(H,21,24)(H,22,23);1H. The van der Waals surface area contributed by atoms with Crippen molar-refractivity contribution in [2.75, 3.05) is 13.1 Å². The second-order valence-electron chi connectivity index (χ2n) is 6.90. The fraction of sp³-hybridized carbons (Fsp3) is 0.579. The molecule has 4 N–H and O–H groups in total. The molecule has 1 aliphatic rings. The summed E-state index contributed by atoms with van der Waals surface area (Å²) in [5, 5.41) is 5.73. The van der Waals surface area contributed by atoms with Crippen LogP contribution >= 0.6 is 12.4 Å². The van der Waals surface area contributed by atoms with E-state index in [2.05, 4.69) is 36.6 Å². The van der Waals surface area contributed by atoms with Gasteiger partial charge in [-0.15, -0.1) is 12.4 Å². The molecule has 2 amide bonds. The van der Waals surface area contributed by atoms with Crippen molar-refractivity contribution in [2.45, 2.75) is 51.5 Å². The molecule has 0 radical (unpaired) electrons. The van der Waals surface area contributed by atoms with Crippen LogP contribution in [0.4, 0.5) is 0 Å². The largest absolute Gasteiger partial charge is 0.356 e. The second-order valence-corrected chi connectivity index (χ2v) is 6.90. The molecule has 1 aliphatic carbocycles. The van der Waals surface area contributed by atoms with Crippen LogP contribution < -0.4 is 16.4 Å². The summed E-state index contributed by atoms with van der Waals surface area (Å²) in [5.41, 5.74) is 8.44. The van der Waals surface area contributed by atoms with E-state index in [0.717, 1.165) is 18.4 Å². The Morgan fingerprint density at radius 2 is 1.72 bits per heavy atom. The summed E-state index contributed by atoms with van der Waals surface area (Å²) in [6.07, 6.45) is 3.07. The number of halogens is 1. The quantitative estimate of drug-likeness (QED) is 0.586. The lowest BCUT2D eigenvalue weighted by atomic mass is 9.99. The number of nitrogens with two attached hydrogens (primary N) is 1. The molecule has 2 rings (SSSR count). The molecule has 5 nitrogen and oxygen atoms in total. The molecule has 1 saturated carbocycles. The van der Waals surface area contributed by atoms with Crippen LogP contribution in [0.5, 0.6) is 0 Å². The molecular weight excluding hydrogens is 338 g/mol. The number of hydrogen-bond acceptors (Lipinski definition) is 3. The van der Waals surface area contributed by atoms with Gasteiger partial charge in [0, 0.05) is 31.5 Å². The molecule has 0 spiro atoms. The molecule has 1 unspecified atom stereocenters. The van der Waals surface area contributed by atoms with Crippen molar-refractivity contribution in [1.82, 2.24) is 10.6 Å². The summed E-state index contributed by atoms with van der Waals surface area (Å²) in [5.74, 6) is 0.821. The van der Waals surface area contributed by atoms with Gasteiger partial charge in [0.2, 0.25) is 11.8 Å². The van der Waals surface area contributed by atoms with E-state index in [9.17, 15) is 9.59 Å². The van der Waals surface area contributed by atoms with E-state index in [-0.39, 0.29) is 36.2 Å². The van der Waals surface area contributed by atoms with Crippen molar-refractivity contribution in [2.24, 2.45) is 11.7 Å². The maximum Gasteiger partial charge on any atom is 0.223 e. The number of rotatable bonds is 9. The van der Waals surface area contributed by atoms with Crippen molar-refractivity contribution in [3.8, 4) is 0 Å². The highest BCUT2D eigenvalue weighted by atomic mass is 35.5. The Bertz CT molecular complexity index is 556. The highest BCUT2D eigenvalue weighted by molar-refractivity contribution is 5.85. The highest BCUT2D eigenvalue weighted by Gasteiger charge is 2.28. The van der Waals surface area contributed by atoms with Crippen LogP contribution in [0.3, 0.4) is 0 Å². The minimum Gasteiger partial charge on any atom is -0.356 e. The third-order valence-corrected chi connectivity index (χ3v) is 4.38. The van der Waals surface area contributed by atoms with Crippen LogP contribution in [0.15, 0.2) is 24.3 Å². The first-order valence-electron chi connectivity index (χ1n) is 8.87. The number of amides is 2. The first-order chi connectivity index (χ1) is 11.5. The van der Waals surface area contributed by atoms with Gasteiger partial charge in [-0.2, -0.15) is 0 Å². The van der Waals surface area contributed by atoms with Gasteiger partial charge in [0.1, 0.15) is 0 Å². The van der Waals surface area contributed by atoms with Crippen LogP contribution in [0, 0.1) is 5.92 Å². The monoisotopic (exact) mass is 367 g/mol. The van der Waals surface area contributed by atoms with E-state index in [1.54, 1.807) is 0 Å². The minimum absolute atomic E-state index is 0. The van der Waals surface area contributed by atoms with E-state index in [0.29, 0.717) is 31.8 Å². The lowest BCUT2D eigenvalue weighted by Crippen LogP contribution is -2.32. The average Bonchev–Trinajstić information content (AvgIpc) is 3.41. The van der Waals surface area contributed by atoms with Crippen LogP contribution in [-0.2, 0) is 9.59 Å². The van der Waals surface area contributed by atoms with Crippen LogP contribution in [0.25, 0.3) is 0 Å². The SMILES string of the molecule is CC(C)c1ccc(C(N)CNC(=O)CCCNC(=O)C2CC2)cc1.Cl. The highest BCUT2D eigenvalue weighted by Crippen LogP contribution is 2.28. The molecule has 1 aromatic carbocycles. The predicted octanol–water partition coefficient (Wildman–Crippen LogP) is 2.65. The van der Waals surface area contributed by atoms with Gasteiger partial charge in [0.05, 0.1) is 0 Å². The first kappa shape index (κ1) is 21.5. The summed E-state index contributed by atoms with van der Waals surface area (Å²) in [7, 11) is 0.